The van der Waals surface area contributed by atoms with Crippen molar-refractivity contribution < 1.29 is 9.90 Å². The van der Waals surface area contributed by atoms with E-state index in [4.69, 9.17) is 5.11 Å². The van der Waals surface area contributed by atoms with E-state index in [1.54, 1.807) is 12.1 Å². The van der Waals surface area contributed by atoms with Crippen LogP contribution in [0.3, 0.4) is 0 Å². The van der Waals surface area contributed by atoms with E-state index in [0.717, 1.165) is 11.6 Å². The van der Waals surface area contributed by atoms with Crippen LogP contribution in [0.25, 0.3) is 0 Å². The predicted octanol–water partition coefficient (Wildman–Crippen LogP) is 4.16. The first kappa shape index (κ1) is 13.9. The summed E-state index contributed by atoms with van der Waals surface area (Å²) in [6.45, 7) is 2.26. The highest BCUT2D eigenvalue weighted by Crippen LogP contribution is 2.29. The summed E-state index contributed by atoms with van der Waals surface area (Å²) in [5.74, 6) is 0.0454. The van der Waals surface area contributed by atoms with Crippen LogP contribution >= 0.6 is 0 Å². The summed E-state index contributed by atoms with van der Waals surface area (Å²) >= 11 is 0. The lowest BCUT2D eigenvalue weighted by Crippen LogP contribution is -2.26. The van der Waals surface area contributed by atoms with Gasteiger partial charge in [0, 0.05) is 11.7 Å². The molecule has 104 valence electrons. The molecular formula is C16H23NO2. The van der Waals surface area contributed by atoms with Crippen molar-refractivity contribution in [3.63, 3.8) is 0 Å². The number of benzene rings is 1. The highest BCUT2D eigenvalue weighted by molar-refractivity contribution is 5.87. The number of hydrogen-bond donors (Lipinski definition) is 2. The third-order valence-electron chi connectivity index (χ3n) is 4.05. The number of rotatable bonds is 5. The molecule has 0 spiro atoms. The second kappa shape index (κ2) is 6.60. The van der Waals surface area contributed by atoms with Crippen molar-refractivity contribution >= 4 is 11.7 Å². The van der Waals surface area contributed by atoms with Gasteiger partial charge in [0.1, 0.15) is 0 Å². The van der Waals surface area contributed by atoms with Crippen LogP contribution in [0.15, 0.2) is 24.3 Å². The van der Waals surface area contributed by atoms with Gasteiger partial charge in [-0.2, -0.15) is 0 Å². The average Bonchev–Trinajstić information content (AvgIpc) is 2.42. The fourth-order valence-electron chi connectivity index (χ4n) is 2.95. The largest absolute Gasteiger partial charge is 0.478 e. The maximum atomic E-state index is 10.8. The molecule has 1 aliphatic carbocycles. The number of hydrogen-bond acceptors (Lipinski definition) is 2. The molecule has 0 bridgehead atoms. The monoisotopic (exact) mass is 261 g/mol. The number of aromatic carboxylic acids is 1. The molecule has 3 nitrogen and oxygen atoms in total. The lowest BCUT2D eigenvalue weighted by molar-refractivity contribution is 0.0697. The van der Waals surface area contributed by atoms with E-state index < -0.39 is 5.97 Å². The number of carboxylic acid groups (broad SMARTS) is 1. The number of anilines is 1. The molecule has 0 aliphatic heterocycles. The average molecular weight is 261 g/mol. The van der Waals surface area contributed by atoms with Crippen molar-refractivity contribution in [2.75, 3.05) is 5.32 Å². The SMILES string of the molecule is CCCC1CCC(Nc2ccc(C(=O)O)cc2)CC1. The number of nitrogens with one attached hydrogen (secondary N) is 1. The van der Waals surface area contributed by atoms with Gasteiger partial charge in [0.2, 0.25) is 0 Å². The molecule has 1 saturated carbocycles. The minimum absolute atomic E-state index is 0.345. The van der Waals surface area contributed by atoms with E-state index in [1.807, 2.05) is 12.1 Å². The van der Waals surface area contributed by atoms with E-state index >= 15 is 0 Å². The Labute approximate surface area is 115 Å². The first-order chi connectivity index (χ1) is 9.19. The van der Waals surface area contributed by atoms with Crippen molar-refractivity contribution in [2.45, 2.75) is 51.5 Å². The fourth-order valence-corrected chi connectivity index (χ4v) is 2.95. The molecule has 1 aliphatic rings. The lowest BCUT2D eigenvalue weighted by atomic mass is 9.83. The fraction of sp³-hybridized carbons (Fsp3) is 0.562. The first-order valence-electron chi connectivity index (χ1n) is 7.29. The quantitative estimate of drug-likeness (QED) is 0.837. The molecule has 3 heteroatoms. The molecule has 0 amide bonds. The van der Waals surface area contributed by atoms with Gasteiger partial charge in [-0.3, -0.25) is 0 Å². The Morgan fingerprint density at radius 1 is 1.21 bits per heavy atom. The zero-order chi connectivity index (χ0) is 13.7. The third kappa shape index (κ3) is 3.98. The molecule has 0 heterocycles. The Balaban J connectivity index is 1.83. The summed E-state index contributed by atoms with van der Waals surface area (Å²) in [5, 5.41) is 12.4. The van der Waals surface area contributed by atoms with Crippen molar-refractivity contribution in [2.24, 2.45) is 5.92 Å². The van der Waals surface area contributed by atoms with Crippen LogP contribution in [0.5, 0.6) is 0 Å². The molecule has 0 atom stereocenters. The predicted molar refractivity (Wildman–Crippen MR) is 77.7 cm³/mol. The van der Waals surface area contributed by atoms with E-state index in [1.165, 1.54) is 38.5 Å². The Kier molecular flexibility index (Phi) is 4.83. The van der Waals surface area contributed by atoms with Gasteiger partial charge in [0.05, 0.1) is 5.56 Å². The van der Waals surface area contributed by atoms with E-state index in [2.05, 4.69) is 12.2 Å². The minimum Gasteiger partial charge on any atom is -0.478 e. The molecule has 19 heavy (non-hydrogen) atoms. The molecule has 0 unspecified atom stereocenters. The topological polar surface area (TPSA) is 49.3 Å². The van der Waals surface area contributed by atoms with Crippen LogP contribution in [0.2, 0.25) is 0 Å². The van der Waals surface area contributed by atoms with Crippen molar-refractivity contribution in [1.29, 1.82) is 0 Å². The molecule has 1 fully saturated rings. The number of carbonyl (C=O) groups is 1. The molecule has 1 aromatic rings. The van der Waals surface area contributed by atoms with Crippen LogP contribution in [0.1, 0.15) is 55.8 Å². The van der Waals surface area contributed by atoms with Gasteiger partial charge in [0.15, 0.2) is 0 Å². The summed E-state index contributed by atoms with van der Waals surface area (Å²) in [5.41, 5.74) is 1.38. The lowest BCUT2D eigenvalue weighted by Gasteiger charge is -2.29. The Bertz CT molecular complexity index is 405. The van der Waals surface area contributed by atoms with E-state index in [0.29, 0.717) is 11.6 Å². The number of carboxylic acids is 1. The van der Waals surface area contributed by atoms with Crippen LogP contribution in [-0.2, 0) is 0 Å². The second-order valence-corrected chi connectivity index (χ2v) is 5.53. The summed E-state index contributed by atoms with van der Waals surface area (Å²) in [4.78, 5) is 10.8. The van der Waals surface area contributed by atoms with Gasteiger partial charge >= 0.3 is 5.97 Å². The summed E-state index contributed by atoms with van der Waals surface area (Å²) in [6, 6.07) is 7.59. The molecule has 0 aromatic heterocycles. The zero-order valence-corrected chi connectivity index (χ0v) is 11.6. The Hall–Kier alpha value is -1.51. The zero-order valence-electron chi connectivity index (χ0n) is 11.6. The minimum atomic E-state index is -0.869. The summed E-state index contributed by atoms with van der Waals surface area (Å²) in [7, 11) is 0. The standard InChI is InChI=1S/C16H23NO2/c1-2-3-12-4-8-14(9-5-12)17-15-10-6-13(7-11-15)16(18)19/h6-7,10-12,14,17H,2-5,8-9H2,1H3,(H,18,19). The highest BCUT2D eigenvalue weighted by Gasteiger charge is 2.20. The Morgan fingerprint density at radius 3 is 2.37 bits per heavy atom. The van der Waals surface area contributed by atoms with Gasteiger partial charge in [-0.25, -0.2) is 4.79 Å². The molecule has 0 saturated heterocycles. The normalized spacial score (nSPS) is 23.0. The smallest absolute Gasteiger partial charge is 0.335 e. The van der Waals surface area contributed by atoms with Gasteiger partial charge in [-0.15, -0.1) is 0 Å². The summed E-state index contributed by atoms with van der Waals surface area (Å²) < 4.78 is 0. The Morgan fingerprint density at radius 2 is 1.84 bits per heavy atom. The highest BCUT2D eigenvalue weighted by atomic mass is 16.4. The van der Waals surface area contributed by atoms with Crippen molar-refractivity contribution in [1.82, 2.24) is 0 Å². The summed E-state index contributed by atoms with van der Waals surface area (Å²) in [6.07, 6.45) is 7.74. The maximum absolute atomic E-state index is 10.8. The third-order valence-corrected chi connectivity index (χ3v) is 4.05. The molecule has 2 N–H and O–H groups in total. The second-order valence-electron chi connectivity index (χ2n) is 5.53. The van der Waals surface area contributed by atoms with Gasteiger partial charge in [-0.1, -0.05) is 19.8 Å². The van der Waals surface area contributed by atoms with Crippen molar-refractivity contribution in [3.8, 4) is 0 Å². The van der Waals surface area contributed by atoms with Crippen LogP contribution < -0.4 is 5.32 Å². The van der Waals surface area contributed by atoms with E-state index in [9.17, 15) is 4.79 Å². The molecule has 0 radical (unpaired) electrons. The first-order valence-corrected chi connectivity index (χ1v) is 7.29. The van der Waals surface area contributed by atoms with Crippen LogP contribution in [-0.4, -0.2) is 17.1 Å². The van der Waals surface area contributed by atoms with Crippen LogP contribution in [0, 0.1) is 5.92 Å². The van der Waals surface area contributed by atoms with Gasteiger partial charge in [0.25, 0.3) is 0 Å². The van der Waals surface area contributed by atoms with Gasteiger partial charge < -0.3 is 10.4 Å². The molecule has 1 aromatic carbocycles. The molecule has 2 rings (SSSR count). The van der Waals surface area contributed by atoms with Gasteiger partial charge in [-0.05, 0) is 55.9 Å². The molecular weight excluding hydrogens is 238 g/mol. The van der Waals surface area contributed by atoms with Crippen molar-refractivity contribution in [3.05, 3.63) is 29.8 Å². The van der Waals surface area contributed by atoms with E-state index in [-0.39, 0.29) is 0 Å². The maximum Gasteiger partial charge on any atom is 0.335 e. The van der Waals surface area contributed by atoms with Crippen LogP contribution in [0.4, 0.5) is 5.69 Å².